The number of nitriles is 1. The maximum atomic E-state index is 10.0. The summed E-state index contributed by atoms with van der Waals surface area (Å²) in [6.45, 7) is 0. The molecule has 0 saturated carbocycles. The maximum Gasteiger partial charge on any atom is 0.178 e. The van der Waals surface area contributed by atoms with E-state index in [-0.39, 0.29) is 5.82 Å². The summed E-state index contributed by atoms with van der Waals surface area (Å²) in [5, 5.41) is 18.8. The fourth-order valence-electron chi connectivity index (χ4n) is 3.98. The van der Waals surface area contributed by atoms with Crippen LogP contribution in [0, 0.1) is 11.3 Å². The highest BCUT2D eigenvalue weighted by Crippen LogP contribution is 2.41. The van der Waals surface area contributed by atoms with Gasteiger partial charge in [-0.15, -0.1) is 16.4 Å². The van der Waals surface area contributed by atoms with E-state index in [1.807, 2.05) is 78.9 Å². The molecule has 168 valence electrons. The van der Waals surface area contributed by atoms with Crippen LogP contribution in [0.2, 0.25) is 0 Å². The van der Waals surface area contributed by atoms with Gasteiger partial charge in [-0.25, -0.2) is 14.5 Å². The zero-order valence-electron chi connectivity index (χ0n) is 18.1. The second-order valence-corrected chi connectivity index (χ2v) is 9.72. The number of hydrogen-bond donors (Lipinski definition) is 2. The Bertz CT molecular complexity index is 1720. The number of halogens is 1. The van der Waals surface area contributed by atoms with Crippen LogP contribution in [0.25, 0.3) is 37.7 Å². The van der Waals surface area contributed by atoms with Crippen molar-refractivity contribution in [2.75, 3.05) is 11.1 Å². The molecule has 6 aromatic rings. The van der Waals surface area contributed by atoms with E-state index in [4.69, 9.17) is 15.8 Å². The predicted octanol–water partition coefficient (Wildman–Crippen LogP) is 6.63. The molecule has 0 atom stereocenters. The first kappa shape index (κ1) is 21.3. The first-order valence-corrected chi connectivity index (χ1v) is 12.3. The lowest BCUT2D eigenvalue weighted by molar-refractivity contribution is 0.955. The third-order valence-electron chi connectivity index (χ3n) is 5.57. The van der Waals surface area contributed by atoms with Crippen LogP contribution in [0.15, 0.2) is 83.3 Å². The summed E-state index contributed by atoms with van der Waals surface area (Å²) in [4.78, 5) is 9.47. The molecule has 0 aliphatic heterocycles. The van der Waals surface area contributed by atoms with Gasteiger partial charge in [0.2, 0.25) is 0 Å². The van der Waals surface area contributed by atoms with Crippen molar-refractivity contribution in [2.24, 2.45) is 0 Å². The van der Waals surface area contributed by atoms with E-state index in [1.165, 1.54) is 0 Å². The number of para-hydroxylation sites is 2. The van der Waals surface area contributed by atoms with Gasteiger partial charge in [0.15, 0.2) is 11.5 Å². The van der Waals surface area contributed by atoms with Crippen LogP contribution in [-0.4, -0.2) is 19.6 Å². The summed E-state index contributed by atoms with van der Waals surface area (Å²) in [5.74, 6) is 0.697. The van der Waals surface area contributed by atoms with Crippen LogP contribution in [0.5, 0.6) is 0 Å². The Hall–Kier alpha value is -4.26. The van der Waals surface area contributed by atoms with E-state index in [2.05, 4.69) is 32.3 Å². The van der Waals surface area contributed by atoms with Crippen molar-refractivity contribution in [2.45, 2.75) is 0 Å². The number of anilines is 3. The summed E-state index contributed by atoms with van der Waals surface area (Å²) in [5.41, 5.74) is 11.2. The number of rotatable bonds is 4. The quantitative estimate of drug-likeness (QED) is 0.261. The molecular weight excluding hydrogens is 522 g/mol. The number of benzene rings is 3. The lowest BCUT2D eigenvalue weighted by Crippen LogP contribution is -2.05. The van der Waals surface area contributed by atoms with Crippen molar-refractivity contribution < 1.29 is 0 Å². The largest absolute Gasteiger partial charge is 0.383 e. The van der Waals surface area contributed by atoms with Gasteiger partial charge in [0.25, 0.3) is 0 Å². The Kier molecular flexibility index (Phi) is 5.17. The number of thiazole rings is 1. The third-order valence-corrected chi connectivity index (χ3v) is 7.15. The van der Waals surface area contributed by atoms with Crippen LogP contribution in [0.4, 0.5) is 17.3 Å². The number of aromatic nitrogens is 4. The minimum absolute atomic E-state index is 0.289. The van der Waals surface area contributed by atoms with E-state index >= 15 is 0 Å². The molecular formula is C26H16BrN7S. The zero-order valence-corrected chi connectivity index (χ0v) is 20.5. The Morgan fingerprint density at radius 1 is 0.943 bits per heavy atom. The van der Waals surface area contributed by atoms with Gasteiger partial charge in [0.05, 0.1) is 21.5 Å². The van der Waals surface area contributed by atoms with Crippen LogP contribution < -0.4 is 11.1 Å². The molecule has 35 heavy (non-hydrogen) atoms. The van der Waals surface area contributed by atoms with Gasteiger partial charge < -0.3 is 11.1 Å². The van der Waals surface area contributed by atoms with Crippen LogP contribution in [0.3, 0.4) is 0 Å². The summed E-state index contributed by atoms with van der Waals surface area (Å²) >= 11 is 5.05. The first-order chi connectivity index (χ1) is 17.1. The molecule has 0 amide bonds. The Morgan fingerprint density at radius 2 is 1.69 bits per heavy atom. The molecule has 0 spiro atoms. The van der Waals surface area contributed by atoms with Gasteiger partial charge in [-0.05, 0) is 36.4 Å². The number of hydrogen-bond acceptors (Lipinski definition) is 7. The lowest BCUT2D eigenvalue weighted by Gasteiger charge is -2.12. The molecule has 0 saturated heterocycles. The normalized spacial score (nSPS) is 11.1. The fraction of sp³-hybridized carbons (Fsp3) is 0. The van der Waals surface area contributed by atoms with Crippen molar-refractivity contribution in [1.82, 2.24) is 19.6 Å². The summed E-state index contributed by atoms with van der Waals surface area (Å²) in [6.07, 6.45) is 0. The molecule has 0 unspecified atom stereocenters. The third kappa shape index (κ3) is 3.69. The standard InChI is InChI=1S/C26H16BrN7S/c27-16-12-10-15(11-13-16)22-21(26-31-19-8-4-5-9-20(19)35-26)23(29)32-25-18(14-28)24(33-34(22)25)30-17-6-2-1-3-7-17/h1-13H,(H2,29,32)(H,30,33). The first-order valence-electron chi connectivity index (χ1n) is 10.7. The number of fused-ring (bicyclic) bond motifs is 2. The Balaban J connectivity index is 1.67. The van der Waals surface area contributed by atoms with Gasteiger partial charge in [-0.1, -0.05) is 58.4 Å². The lowest BCUT2D eigenvalue weighted by atomic mass is 10.1. The predicted molar refractivity (Wildman–Crippen MR) is 144 cm³/mol. The second-order valence-electron chi connectivity index (χ2n) is 7.78. The minimum Gasteiger partial charge on any atom is -0.383 e. The Morgan fingerprint density at radius 3 is 2.43 bits per heavy atom. The van der Waals surface area contributed by atoms with Crippen LogP contribution >= 0.6 is 27.3 Å². The molecule has 3 heterocycles. The van der Waals surface area contributed by atoms with Crippen molar-refractivity contribution >= 4 is 60.5 Å². The monoisotopic (exact) mass is 537 g/mol. The summed E-state index contributed by atoms with van der Waals surface area (Å²) in [6, 6.07) is 27.7. The number of nitrogens with zero attached hydrogens (tertiary/aromatic N) is 5. The molecule has 9 heteroatoms. The molecule has 3 aromatic heterocycles. The summed E-state index contributed by atoms with van der Waals surface area (Å²) in [7, 11) is 0. The zero-order chi connectivity index (χ0) is 23.9. The summed E-state index contributed by atoms with van der Waals surface area (Å²) < 4.78 is 3.68. The van der Waals surface area contributed by atoms with Crippen LogP contribution in [0.1, 0.15) is 5.56 Å². The average molecular weight is 538 g/mol. The van der Waals surface area contributed by atoms with E-state index in [0.717, 1.165) is 36.6 Å². The Labute approximate surface area is 212 Å². The van der Waals surface area contributed by atoms with E-state index < -0.39 is 0 Å². The average Bonchev–Trinajstić information content (AvgIpc) is 3.45. The highest BCUT2D eigenvalue weighted by Gasteiger charge is 2.25. The maximum absolute atomic E-state index is 10.0. The molecule has 0 fully saturated rings. The second kappa shape index (κ2) is 8.51. The molecule has 3 N–H and O–H groups in total. The molecule has 0 bridgehead atoms. The highest BCUT2D eigenvalue weighted by molar-refractivity contribution is 9.10. The van der Waals surface area contributed by atoms with Gasteiger partial charge in [0, 0.05) is 15.7 Å². The van der Waals surface area contributed by atoms with E-state index in [1.54, 1.807) is 15.9 Å². The molecule has 0 radical (unpaired) electrons. The number of nitrogens with two attached hydrogens (primary N) is 1. The van der Waals surface area contributed by atoms with E-state index in [9.17, 15) is 5.26 Å². The topological polar surface area (TPSA) is 105 Å². The van der Waals surface area contributed by atoms with E-state index in [0.29, 0.717) is 22.6 Å². The smallest absolute Gasteiger partial charge is 0.178 e. The van der Waals surface area contributed by atoms with Gasteiger partial charge in [-0.2, -0.15) is 5.26 Å². The molecule has 0 aliphatic rings. The fourth-order valence-corrected chi connectivity index (χ4v) is 5.26. The molecule has 6 rings (SSSR count). The van der Waals surface area contributed by atoms with Crippen molar-refractivity contribution in [3.63, 3.8) is 0 Å². The molecule has 0 aliphatic carbocycles. The number of nitrogen functional groups attached to an aromatic ring is 1. The highest BCUT2D eigenvalue weighted by atomic mass is 79.9. The molecule has 3 aromatic carbocycles. The number of nitrogens with one attached hydrogen (secondary N) is 1. The van der Waals surface area contributed by atoms with Gasteiger partial charge in [-0.3, -0.25) is 0 Å². The van der Waals surface area contributed by atoms with Crippen molar-refractivity contribution in [3.05, 3.63) is 88.9 Å². The SMILES string of the molecule is N#Cc1c(Nc2ccccc2)nn2c(-c3ccc(Br)cc3)c(-c3nc4ccccc4s3)c(N)nc12. The minimum atomic E-state index is 0.289. The van der Waals surface area contributed by atoms with Gasteiger partial charge in [0.1, 0.15) is 22.5 Å². The molecule has 7 nitrogen and oxygen atoms in total. The van der Waals surface area contributed by atoms with Crippen LogP contribution in [-0.2, 0) is 0 Å². The van der Waals surface area contributed by atoms with Crippen molar-refractivity contribution in [3.8, 4) is 27.9 Å². The van der Waals surface area contributed by atoms with Crippen molar-refractivity contribution in [1.29, 1.82) is 5.26 Å². The van der Waals surface area contributed by atoms with Gasteiger partial charge >= 0.3 is 0 Å².